The van der Waals surface area contributed by atoms with Crippen LogP contribution in [0.2, 0.25) is 0 Å². The highest BCUT2D eigenvalue weighted by atomic mass is 16.1. The van der Waals surface area contributed by atoms with Crippen molar-refractivity contribution in [3.05, 3.63) is 58.3 Å². The highest BCUT2D eigenvalue weighted by Crippen LogP contribution is 2.33. The van der Waals surface area contributed by atoms with E-state index in [-0.39, 0.29) is 17.5 Å². The summed E-state index contributed by atoms with van der Waals surface area (Å²) in [5.74, 6) is 1.54. The quantitative estimate of drug-likeness (QED) is 0.753. The molecule has 1 fully saturated rings. The Kier molecular flexibility index (Phi) is 4.83. The van der Waals surface area contributed by atoms with Crippen LogP contribution in [0.3, 0.4) is 0 Å². The van der Waals surface area contributed by atoms with E-state index in [1.54, 1.807) is 6.20 Å². The fraction of sp³-hybridized carbons (Fsp3) is 0.476. The zero-order valence-electron chi connectivity index (χ0n) is 16.2. The van der Waals surface area contributed by atoms with Gasteiger partial charge in [0.1, 0.15) is 11.2 Å². The zero-order valence-corrected chi connectivity index (χ0v) is 16.2. The first-order valence-corrected chi connectivity index (χ1v) is 9.80. The van der Waals surface area contributed by atoms with E-state index in [9.17, 15) is 4.79 Å². The Morgan fingerprint density at radius 1 is 1.22 bits per heavy atom. The highest BCUT2D eigenvalue weighted by molar-refractivity contribution is 5.73. The van der Waals surface area contributed by atoms with Gasteiger partial charge in [0.2, 0.25) is 0 Å². The van der Waals surface area contributed by atoms with Gasteiger partial charge in [-0.25, -0.2) is 9.67 Å². The molecule has 3 heterocycles. The van der Waals surface area contributed by atoms with Gasteiger partial charge in [0.25, 0.3) is 5.56 Å². The molecule has 6 nitrogen and oxygen atoms in total. The molecule has 0 aliphatic carbocycles. The van der Waals surface area contributed by atoms with Crippen LogP contribution < -0.4 is 5.56 Å². The van der Waals surface area contributed by atoms with Crippen LogP contribution in [0.15, 0.2) is 41.3 Å². The Morgan fingerprint density at radius 3 is 2.70 bits per heavy atom. The van der Waals surface area contributed by atoms with E-state index in [2.05, 4.69) is 60.0 Å². The minimum Gasteiger partial charge on any atom is -0.310 e. The number of benzene rings is 1. The predicted molar refractivity (Wildman–Crippen MR) is 107 cm³/mol. The molecule has 1 aliphatic heterocycles. The number of nitrogens with one attached hydrogen (secondary N) is 1. The average molecular weight is 365 g/mol. The van der Waals surface area contributed by atoms with Gasteiger partial charge in [-0.2, -0.15) is 5.10 Å². The molecule has 0 amide bonds. The van der Waals surface area contributed by atoms with Gasteiger partial charge in [0.05, 0.1) is 6.20 Å². The molecule has 1 aliphatic rings. The van der Waals surface area contributed by atoms with Gasteiger partial charge in [-0.15, -0.1) is 0 Å². The summed E-state index contributed by atoms with van der Waals surface area (Å²) in [5, 5.41) is 4.93. The second-order valence-corrected chi connectivity index (χ2v) is 7.83. The molecule has 4 rings (SSSR count). The normalized spacial score (nSPS) is 20.7. The van der Waals surface area contributed by atoms with E-state index in [0.29, 0.717) is 17.0 Å². The molecule has 0 saturated carbocycles. The molecule has 1 N–H and O–H groups in total. The van der Waals surface area contributed by atoms with Gasteiger partial charge in [0.15, 0.2) is 5.65 Å². The Balaban J connectivity index is 1.65. The summed E-state index contributed by atoms with van der Waals surface area (Å²) in [4.78, 5) is 23.0. The third-order valence-corrected chi connectivity index (χ3v) is 5.61. The Morgan fingerprint density at radius 2 is 2.00 bits per heavy atom. The van der Waals surface area contributed by atoms with Gasteiger partial charge in [0, 0.05) is 31.6 Å². The molecule has 27 heavy (non-hydrogen) atoms. The molecule has 3 aromatic rings. The van der Waals surface area contributed by atoms with E-state index < -0.39 is 0 Å². The maximum absolute atomic E-state index is 12.6. The maximum atomic E-state index is 12.6. The number of rotatable bonds is 5. The van der Waals surface area contributed by atoms with E-state index in [1.165, 1.54) is 5.56 Å². The van der Waals surface area contributed by atoms with Gasteiger partial charge in [-0.05, 0) is 25.3 Å². The molecule has 0 spiro atoms. The molecular formula is C21H27N5O. The van der Waals surface area contributed by atoms with Gasteiger partial charge in [-0.3, -0.25) is 9.69 Å². The van der Waals surface area contributed by atoms with Gasteiger partial charge < -0.3 is 4.98 Å². The molecule has 1 aromatic carbocycles. The summed E-state index contributed by atoms with van der Waals surface area (Å²) in [7, 11) is 0. The first-order chi connectivity index (χ1) is 13.1. The van der Waals surface area contributed by atoms with Gasteiger partial charge in [-0.1, -0.05) is 43.7 Å². The maximum Gasteiger partial charge on any atom is 0.262 e. The summed E-state index contributed by atoms with van der Waals surface area (Å²) in [6.07, 6.45) is 2.69. The van der Waals surface area contributed by atoms with Crippen molar-refractivity contribution in [1.82, 2.24) is 24.6 Å². The lowest BCUT2D eigenvalue weighted by atomic mass is 9.93. The van der Waals surface area contributed by atoms with Crippen molar-refractivity contribution < 1.29 is 0 Å². The number of aromatic nitrogens is 4. The van der Waals surface area contributed by atoms with Crippen molar-refractivity contribution in [2.75, 3.05) is 13.1 Å². The van der Waals surface area contributed by atoms with Crippen molar-refractivity contribution in [1.29, 1.82) is 0 Å². The third kappa shape index (κ3) is 3.41. The molecular weight excluding hydrogens is 338 g/mol. The van der Waals surface area contributed by atoms with Crippen molar-refractivity contribution in [2.24, 2.45) is 5.92 Å². The third-order valence-electron chi connectivity index (χ3n) is 5.61. The molecule has 0 radical (unpaired) electrons. The average Bonchev–Trinajstić information content (AvgIpc) is 3.26. The van der Waals surface area contributed by atoms with Crippen molar-refractivity contribution in [3.8, 4) is 0 Å². The number of hydrogen-bond acceptors (Lipinski definition) is 4. The molecule has 142 valence electrons. The van der Waals surface area contributed by atoms with Gasteiger partial charge >= 0.3 is 0 Å². The van der Waals surface area contributed by atoms with Crippen LogP contribution in [0.4, 0.5) is 0 Å². The SMILES string of the molecule is CCC1CN(Cc2ccccc2)CC1c1nc2c(cnn2C(C)C)c(=O)[nH]1. The fourth-order valence-electron chi connectivity index (χ4n) is 4.16. The fourth-order valence-corrected chi connectivity index (χ4v) is 4.16. The number of aromatic amines is 1. The van der Waals surface area contributed by atoms with Crippen LogP contribution in [-0.4, -0.2) is 37.7 Å². The second kappa shape index (κ2) is 7.27. The number of likely N-dealkylation sites (tertiary alicyclic amines) is 1. The summed E-state index contributed by atoms with van der Waals surface area (Å²) in [6.45, 7) is 9.21. The molecule has 1 saturated heterocycles. The zero-order chi connectivity index (χ0) is 19.0. The summed E-state index contributed by atoms with van der Waals surface area (Å²) >= 11 is 0. The Bertz CT molecular complexity index is 975. The molecule has 0 bridgehead atoms. The minimum atomic E-state index is -0.0849. The minimum absolute atomic E-state index is 0.0849. The largest absolute Gasteiger partial charge is 0.310 e. The lowest BCUT2D eigenvalue weighted by Crippen LogP contribution is -2.21. The van der Waals surface area contributed by atoms with Crippen molar-refractivity contribution in [3.63, 3.8) is 0 Å². The van der Waals surface area contributed by atoms with E-state index >= 15 is 0 Å². The highest BCUT2D eigenvalue weighted by Gasteiger charge is 2.34. The summed E-state index contributed by atoms with van der Waals surface area (Å²) in [5.41, 5.74) is 1.93. The Hall–Kier alpha value is -2.47. The van der Waals surface area contributed by atoms with Crippen LogP contribution in [0.25, 0.3) is 11.0 Å². The van der Waals surface area contributed by atoms with Crippen molar-refractivity contribution in [2.45, 2.75) is 45.7 Å². The number of fused-ring (bicyclic) bond motifs is 1. The number of nitrogens with zero attached hydrogens (tertiary/aromatic N) is 4. The summed E-state index contributed by atoms with van der Waals surface area (Å²) in [6, 6.07) is 10.7. The molecule has 2 atom stereocenters. The Labute approximate surface area is 159 Å². The first kappa shape index (κ1) is 17.9. The lowest BCUT2D eigenvalue weighted by molar-refractivity contribution is 0.314. The van der Waals surface area contributed by atoms with E-state index in [0.717, 1.165) is 31.9 Å². The number of hydrogen-bond donors (Lipinski definition) is 1. The lowest BCUT2D eigenvalue weighted by Gasteiger charge is -2.16. The topological polar surface area (TPSA) is 66.8 Å². The molecule has 2 aromatic heterocycles. The van der Waals surface area contributed by atoms with E-state index in [1.807, 2.05) is 10.7 Å². The smallest absolute Gasteiger partial charge is 0.262 e. The van der Waals surface area contributed by atoms with E-state index in [4.69, 9.17) is 4.98 Å². The van der Waals surface area contributed by atoms with Crippen molar-refractivity contribution >= 4 is 11.0 Å². The number of H-pyrrole nitrogens is 1. The van der Waals surface area contributed by atoms with Crippen LogP contribution in [0.5, 0.6) is 0 Å². The van der Waals surface area contributed by atoms with Crippen LogP contribution >= 0.6 is 0 Å². The predicted octanol–water partition coefficient (Wildman–Crippen LogP) is 3.33. The standard InChI is InChI=1S/C21H27N5O/c1-4-16-12-25(11-15-8-6-5-7-9-15)13-18(16)19-23-20-17(21(27)24-19)10-22-26(20)14(2)3/h5-10,14,16,18H,4,11-13H2,1-3H3,(H,23,24,27). The van der Waals surface area contributed by atoms with Crippen LogP contribution in [-0.2, 0) is 6.54 Å². The molecule has 6 heteroatoms. The second-order valence-electron chi connectivity index (χ2n) is 7.83. The van der Waals surface area contributed by atoms with Crippen LogP contribution in [0, 0.1) is 5.92 Å². The molecule has 2 unspecified atom stereocenters. The monoisotopic (exact) mass is 365 g/mol. The summed E-state index contributed by atoms with van der Waals surface area (Å²) < 4.78 is 1.84. The first-order valence-electron chi connectivity index (χ1n) is 9.80. The van der Waals surface area contributed by atoms with Crippen LogP contribution in [0.1, 0.15) is 50.5 Å².